The summed E-state index contributed by atoms with van der Waals surface area (Å²) in [7, 11) is 0. The van der Waals surface area contributed by atoms with E-state index in [1.807, 2.05) is 0 Å². The first kappa shape index (κ1) is 16.1. The normalized spacial score (nSPS) is 20.5. The lowest BCUT2D eigenvalue weighted by Gasteiger charge is -2.26. The summed E-state index contributed by atoms with van der Waals surface area (Å²) in [5.41, 5.74) is 4.85. The molecule has 3 rings (SSSR count). The van der Waals surface area contributed by atoms with Crippen molar-refractivity contribution in [2.24, 2.45) is 0 Å². The van der Waals surface area contributed by atoms with Crippen LogP contribution in [-0.4, -0.2) is 3.42 Å². The average Bonchev–Trinajstić information content (AvgIpc) is 2.70. The zero-order valence-corrected chi connectivity index (χ0v) is 15.6. The highest BCUT2D eigenvalue weighted by atomic mass is 127. The molecule has 2 aromatic rings. The van der Waals surface area contributed by atoms with Crippen LogP contribution in [0.25, 0.3) is 0 Å². The third-order valence-corrected chi connectivity index (χ3v) is 5.34. The molecule has 2 heteroatoms. The molecule has 0 aromatic heterocycles. The van der Waals surface area contributed by atoms with Crippen molar-refractivity contribution in [3.05, 3.63) is 96.2 Å². The molecule has 0 spiro atoms. The zero-order valence-electron chi connectivity index (χ0n) is 13.4. The number of alkyl halides is 1. The molecular weight excluding hydrogens is 393 g/mol. The highest BCUT2D eigenvalue weighted by Gasteiger charge is 2.21. The Balaban J connectivity index is 2.11. The van der Waals surface area contributed by atoms with Gasteiger partial charge in [-0.15, -0.1) is 0 Å². The van der Waals surface area contributed by atoms with Crippen molar-refractivity contribution in [1.29, 1.82) is 0 Å². The SMILES string of the molecule is CC1=CC=C(N(c2ccccc2)c2ccccc2)C=C[C@@]1(C)I. The van der Waals surface area contributed by atoms with Crippen molar-refractivity contribution in [2.45, 2.75) is 17.3 Å². The topological polar surface area (TPSA) is 3.24 Å². The molecule has 116 valence electrons. The zero-order chi connectivity index (χ0) is 16.3. The van der Waals surface area contributed by atoms with Crippen molar-refractivity contribution in [3.63, 3.8) is 0 Å². The molecule has 0 N–H and O–H groups in total. The van der Waals surface area contributed by atoms with Gasteiger partial charge in [-0.05, 0) is 50.3 Å². The molecule has 0 bridgehead atoms. The molecule has 0 heterocycles. The molecule has 1 aliphatic carbocycles. The minimum Gasteiger partial charge on any atom is -0.311 e. The van der Waals surface area contributed by atoms with Gasteiger partial charge in [-0.25, -0.2) is 0 Å². The van der Waals surface area contributed by atoms with Crippen LogP contribution in [0.15, 0.2) is 96.2 Å². The summed E-state index contributed by atoms with van der Waals surface area (Å²) >= 11 is 2.50. The van der Waals surface area contributed by atoms with Gasteiger partial charge in [0.15, 0.2) is 0 Å². The van der Waals surface area contributed by atoms with Crippen LogP contribution in [0.2, 0.25) is 0 Å². The Morgan fingerprint density at radius 1 is 0.826 bits per heavy atom. The van der Waals surface area contributed by atoms with Crippen LogP contribution in [0.1, 0.15) is 13.8 Å². The highest BCUT2D eigenvalue weighted by Crippen LogP contribution is 2.35. The molecule has 1 atom stereocenters. The van der Waals surface area contributed by atoms with Gasteiger partial charge in [-0.2, -0.15) is 0 Å². The van der Waals surface area contributed by atoms with Crippen LogP contribution in [0.4, 0.5) is 11.4 Å². The third-order valence-electron chi connectivity index (χ3n) is 4.13. The van der Waals surface area contributed by atoms with E-state index in [1.54, 1.807) is 0 Å². The van der Waals surface area contributed by atoms with E-state index < -0.39 is 0 Å². The summed E-state index contributed by atoms with van der Waals surface area (Å²) in [6.07, 6.45) is 8.92. The van der Waals surface area contributed by atoms with Crippen LogP contribution in [0.5, 0.6) is 0 Å². The van der Waals surface area contributed by atoms with Gasteiger partial charge >= 0.3 is 0 Å². The van der Waals surface area contributed by atoms with Crippen molar-refractivity contribution >= 4 is 34.0 Å². The fourth-order valence-corrected chi connectivity index (χ4v) is 2.91. The van der Waals surface area contributed by atoms with Gasteiger partial charge in [0.2, 0.25) is 0 Å². The Labute approximate surface area is 152 Å². The summed E-state index contributed by atoms with van der Waals surface area (Å²) < 4.78 is 0.0507. The molecular formula is C21H20IN. The van der Waals surface area contributed by atoms with E-state index in [0.29, 0.717) is 0 Å². The van der Waals surface area contributed by atoms with Crippen molar-refractivity contribution in [1.82, 2.24) is 0 Å². The maximum absolute atomic E-state index is 2.50. The monoisotopic (exact) mass is 413 g/mol. The van der Waals surface area contributed by atoms with Crippen molar-refractivity contribution in [3.8, 4) is 0 Å². The largest absolute Gasteiger partial charge is 0.311 e. The first-order valence-corrected chi connectivity index (χ1v) is 8.83. The number of rotatable bonds is 3. The van der Waals surface area contributed by atoms with Crippen LogP contribution in [0.3, 0.4) is 0 Å². The van der Waals surface area contributed by atoms with Gasteiger partial charge in [0.05, 0.1) is 3.42 Å². The molecule has 23 heavy (non-hydrogen) atoms. The van der Waals surface area contributed by atoms with Crippen LogP contribution in [-0.2, 0) is 0 Å². The molecule has 1 aliphatic rings. The second kappa shape index (κ2) is 6.75. The van der Waals surface area contributed by atoms with E-state index in [0.717, 1.165) is 11.4 Å². The molecule has 1 nitrogen and oxygen atoms in total. The van der Waals surface area contributed by atoms with Gasteiger partial charge < -0.3 is 4.90 Å². The third kappa shape index (κ3) is 3.58. The Kier molecular flexibility index (Phi) is 4.71. The first-order chi connectivity index (χ1) is 11.1. The predicted octanol–water partition coefficient (Wildman–Crippen LogP) is 6.42. The molecule has 0 radical (unpaired) electrons. The van der Waals surface area contributed by atoms with E-state index >= 15 is 0 Å². The lowest BCUT2D eigenvalue weighted by atomic mass is 10.0. The number of halogens is 1. The van der Waals surface area contributed by atoms with E-state index in [-0.39, 0.29) is 3.42 Å². The number of benzene rings is 2. The van der Waals surface area contributed by atoms with Gasteiger partial charge in [-0.1, -0.05) is 76.7 Å². The number of allylic oxidation sites excluding steroid dienone is 5. The summed E-state index contributed by atoms with van der Waals surface area (Å²) in [4.78, 5) is 2.29. The summed E-state index contributed by atoms with van der Waals surface area (Å²) in [6.45, 7) is 4.42. The van der Waals surface area contributed by atoms with Gasteiger partial charge in [0.1, 0.15) is 0 Å². The van der Waals surface area contributed by atoms with Crippen LogP contribution >= 0.6 is 22.6 Å². The molecule has 0 aliphatic heterocycles. The first-order valence-electron chi connectivity index (χ1n) is 7.75. The molecule has 2 aromatic carbocycles. The maximum atomic E-state index is 2.50. The predicted molar refractivity (Wildman–Crippen MR) is 108 cm³/mol. The molecule has 0 unspecified atom stereocenters. The van der Waals surface area contributed by atoms with Gasteiger partial charge in [0, 0.05) is 17.1 Å². The minimum atomic E-state index is 0.0507. The Morgan fingerprint density at radius 3 is 1.87 bits per heavy atom. The fraction of sp³-hybridized carbons (Fsp3) is 0.143. The molecule has 0 saturated heterocycles. The van der Waals surface area contributed by atoms with E-state index in [4.69, 9.17) is 0 Å². The average molecular weight is 413 g/mol. The van der Waals surface area contributed by atoms with Crippen LogP contribution < -0.4 is 4.90 Å². The summed E-state index contributed by atoms with van der Waals surface area (Å²) in [6, 6.07) is 21.0. The van der Waals surface area contributed by atoms with Crippen LogP contribution in [0, 0.1) is 0 Å². The lowest BCUT2D eigenvalue weighted by molar-refractivity contribution is 0.970. The smallest absolute Gasteiger partial charge is 0.0585 e. The van der Waals surface area contributed by atoms with E-state index in [9.17, 15) is 0 Å². The second-order valence-electron chi connectivity index (χ2n) is 5.86. The van der Waals surface area contributed by atoms with Crippen molar-refractivity contribution in [2.75, 3.05) is 4.90 Å². The molecule has 0 amide bonds. The quantitative estimate of drug-likeness (QED) is 0.415. The Hall–Kier alpha value is -1.81. The Bertz CT molecular complexity index is 715. The standard InChI is InChI=1S/C21H20IN/c1-17-13-14-20(15-16-21(17,2)22)23(18-9-5-3-6-10-18)19-11-7-4-8-12-19/h3-16H,1-2H3/t21-/m1/s1. The highest BCUT2D eigenvalue weighted by molar-refractivity contribution is 14.1. The molecule has 0 fully saturated rings. The van der Waals surface area contributed by atoms with Crippen molar-refractivity contribution < 1.29 is 0 Å². The number of hydrogen-bond donors (Lipinski definition) is 0. The van der Waals surface area contributed by atoms with E-state index in [1.165, 1.54) is 11.3 Å². The van der Waals surface area contributed by atoms with Gasteiger partial charge in [-0.3, -0.25) is 0 Å². The number of hydrogen-bond acceptors (Lipinski definition) is 1. The lowest BCUT2D eigenvalue weighted by Crippen LogP contribution is -2.15. The maximum Gasteiger partial charge on any atom is 0.0585 e. The minimum absolute atomic E-state index is 0.0507. The Morgan fingerprint density at radius 2 is 1.35 bits per heavy atom. The summed E-state index contributed by atoms with van der Waals surface area (Å²) in [5.74, 6) is 0. The number of para-hydroxylation sites is 2. The number of anilines is 2. The summed E-state index contributed by atoms with van der Waals surface area (Å²) in [5, 5.41) is 0. The number of nitrogens with zero attached hydrogens (tertiary/aromatic N) is 1. The fourth-order valence-electron chi connectivity index (χ4n) is 2.55. The van der Waals surface area contributed by atoms with E-state index in [2.05, 4.69) is 126 Å². The molecule has 0 saturated carbocycles. The van der Waals surface area contributed by atoms with Gasteiger partial charge in [0.25, 0.3) is 0 Å². The second-order valence-corrected chi connectivity index (χ2v) is 8.10.